The van der Waals surface area contributed by atoms with E-state index in [2.05, 4.69) is 20.9 Å². The largest absolute Gasteiger partial charge is 0.481 e. The van der Waals surface area contributed by atoms with Gasteiger partial charge in [-0.1, -0.05) is 74.5 Å². The quantitative estimate of drug-likeness (QED) is 0.201. The van der Waals surface area contributed by atoms with E-state index >= 15 is 0 Å². The average molecular weight is 531 g/mol. The van der Waals surface area contributed by atoms with Crippen molar-refractivity contribution in [3.63, 3.8) is 0 Å². The van der Waals surface area contributed by atoms with Crippen molar-refractivity contribution >= 4 is 23.6 Å². The summed E-state index contributed by atoms with van der Waals surface area (Å²) < 4.78 is 0. The smallest absolute Gasteiger partial charge is 0.305 e. The third-order valence-electron chi connectivity index (χ3n) is 6.28. The number of anilines is 1. The zero-order valence-corrected chi connectivity index (χ0v) is 22.6. The van der Waals surface area contributed by atoms with Crippen LogP contribution in [-0.4, -0.2) is 40.5 Å². The third kappa shape index (κ3) is 10.2. The highest BCUT2D eigenvalue weighted by Gasteiger charge is 2.26. The van der Waals surface area contributed by atoms with E-state index in [4.69, 9.17) is 0 Å². The molecule has 0 saturated carbocycles. The summed E-state index contributed by atoms with van der Waals surface area (Å²) in [6.45, 7) is 4.65. The Kier molecular flexibility index (Phi) is 11.5. The normalized spacial score (nSPS) is 12.4. The number of carbonyl (C=O) groups is 3. The number of carbonyl (C=O) groups excluding carboxylic acids is 2. The Hall–Kier alpha value is -4.20. The van der Waals surface area contributed by atoms with Crippen molar-refractivity contribution < 1.29 is 19.5 Å². The van der Waals surface area contributed by atoms with Crippen LogP contribution in [0.5, 0.6) is 0 Å². The van der Waals surface area contributed by atoms with Gasteiger partial charge in [0.2, 0.25) is 11.8 Å². The molecule has 4 N–H and O–H groups in total. The van der Waals surface area contributed by atoms with Crippen LogP contribution in [0.4, 0.5) is 5.82 Å². The summed E-state index contributed by atoms with van der Waals surface area (Å²) in [4.78, 5) is 41.7. The van der Waals surface area contributed by atoms with Crippen molar-refractivity contribution in [3.8, 4) is 11.1 Å². The SMILES string of the molecule is CC(C)C[C@H](NC(=O)CCCCNc1ccccn1)C(=O)NC(CC(=O)O)c1ccc(-c2ccccc2)cc1. The summed E-state index contributed by atoms with van der Waals surface area (Å²) >= 11 is 0. The summed E-state index contributed by atoms with van der Waals surface area (Å²) in [5.41, 5.74) is 2.75. The monoisotopic (exact) mass is 530 g/mol. The molecule has 2 aromatic carbocycles. The Balaban J connectivity index is 1.57. The average Bonchev–Trinajstić information content (AvgIpc) is 2.93. The van der Waals surface area contributed by atoms with Crippen molar-refractivity contribution in [1.29, 1.82) is 0 Å². The van der Waals surface area contributed by atoms with Gasteiger partial charge >= 0.3 is 5.97 Å². The van der Waals surface area contributed by atoms with Crippen molar-refractivity contribution in [2.45, 2.75) is 58.0 Å². The molecule has 0 radical (unpaired) electrons. The molecule has 39 heavy (non-hydrogen) atoms. The minimum Gasteiger partial charge on any atom is -0.481 e. The van der Waals surface area contributed by atoms with E-state index in [1.54, 1.807) is 6.20 Å². The molecule has 0 aliphatic rings. The number of rotatable bonds is 15. The second kappa shape index (κ2) is 15.3. The maximum absolute atomic E-state index is 13.3. The fraction of sp³-hybridized carbons (Fsp3) is 0.355. The molecular weight excluding hydrogens is 492 g/mol. The Labute approximate surface area is 230 Å². The molecule has 0 fully saturated rings. The standard InChI is InChI=1S/C31H38N4O4/c1-22(2)20-27(34-29(36)13-7-9-19-33-28-12-6-8-18-32-28)31(39)35-26(21-30(37)38)25-16-14-24(15-17-25)23-10-4-3-5-11-23/h3-6,8,10-12,14-18,22,26-27H,7,9,13,19-21H2,1-2H3,(H,32,33)(H,34,36)(H,35,39)(H,37,38)/t26?,27-/m0/s1. The molecule has 8 nitrogen and oxygen atoms in total. The number of hydrogen-bond acceptors (Lipinski definition) is 5. The summed E-state index contributed by atoms with van der Waals surface area (Å²) in [6.07, 6.45) is 3.65. The lowest BCUT2D eigenvalue weighted by molar-refractivity contribution is -0.138. The first-order valence-electron chi connectivity index (χ1n) is 13.4. The number of aromatic nitrogens is 1. The Morgan fingerprint density at radius 2 is 1.54 bits per heavy atom. The Morgan fingerprint density at radius 3 is 2.18 bits per heavy atom. The first-order valence-corrected chi connectivity index (χ1v) is 13.4. The second-order valence-electron chi connectivity index (χ2n) is 10.00. The third-order valence-corrected chi connectivity index (χ3v) is 6.28. The van der Waals surface area contributed by atoms with E-state index in [0.29, 0.717) is 31.4 Å². The second-order valence-corrected chi connectivity index (χ2v) is 10.00. The van der Waals surface area contributed by atoms with Crippen LogP contribution in [0.3, 0.4) is 0 Å². The number of carboxylic acids is 1. The highest BCUT2D eigenvalue weighted by molar-refractivity contribution is 5.88. The molecule has 1 heterocycles. The van der Waals surface area contributed by atoms with Gasteiger partial charge in [-0.05, 0) is 54.0 Å². The van der Waals surface area contributed by atoms with Crippen molar-refractivity contribution in [3.05, 3.63) is 84.6 Å². The van der Waals surface area contributed by atoms with Crippen LogP contribution in [0.25, 0.3) is 11.1 Å². The van der Waals surface area contributed by atoms with E-state index in [0.717, 1.165) is 23.4 Å². The van der Waals surface area contributed by atoms with Crippen LogP contribution in [0.15, 0.2) is 79.0 Å². The van der Waals surface area contributed by atoms with Gasteiger partial charge in [0.15, 0.2) is 0 Å². The van der Waals surface area contributed by atoms with Crippen molar-refractivity contribution in [2.24, 2.45) is 5.92 Å². The Bertz CT molecular complexity index is 1180. The van der Waals surface area contributed by atoms with Gasteiger partial charge in [0.1, 0.15) is 11.9 Å². The van der Waals surface area contributed by atoms with Crippen molar-refractivity contribution in [2.75, 3.05) is 11.9 Å². The lowest BCUT2D eigenvalue weighted by Crippen LogP contribution is -2.48. The molecule has 0 bridgehead atoms. The minimum atomic E-state index is -1.02. The molecule has 2 atom stereocenters. The zero-order valence-electron chi connectivity index (χ0n) is 22.6. The highest BCUT2D eigenvalue weighted by atomic mass is 16.4. The maximum Gasteiger partial charge on any atom is 0.305 e. The summed E-state index contributed by atoms with van der Waals surface area (Å²) in [7, 11) is 0. The van der Waals surface area contributed by atoms with Crippen molar-refractivity contribution in [1.82, 2.24) is 15.6 Å². The number of aliphatic carboxylic acids is 1. The summed E-state index contributed by atoms with van der Waals surface area (Å²) in [6, 6.07) is 21.6. The topological polar surface area (TPSA) is 120 Å². The fourth-order valence-electron chi connectivity index (χ4n) is 4.30. The van der Waals surface area contributed by atoms with Crippen LogP contribution in [0.1, 0.15) is 57.6 Å². The number of pyridine rings is 1. The molecular formula is C31H38N4O4. The van der Waals surface area contributed by atoms with E-state index in [1.807, 2.05) is 86.6 Å². The van der Waals surface area contributed by atoms with Crippen LogP contribution < -0.4 is 16.0 Å². The van der Waals surface area contributed by atoms with E-state index in [-0.39, 0.29) is 24.2 Å². The lowest BCUT2D eigenvalue weighted by Gasteiger charge is -2.24. The lowest BCUT2D eigenvalue weighted by atomic mass is 9.98. The molecule has 3 rings (SSSR count). The number of nitrogens with one attached hydrogen (secondary N) is 3. The van der Waals surface area contributed by atoms with Gasteiger partial charge in [-0.15, -0.1) is 0 Å². The van der Waals surface area contributed by atoms with Gasteiger partial charge in [0.05, 0.1) is 12.5 Å². The van der Waals surface area contributed by atoms with Gasteiger partial charge in [-0.2, -0.15) is 0 Å². The predicted molar refractivity (Wildman–Crippen MR) is 153 cm³/mol. The van der Waals surface area contributed by atoms with Gasteiger partial charge in [0, 0.05) is 19.2 Å². The fourth-order valence-corrected chi connectivity index (χ4v) is 4.30. The summed E-state index contributed by atoms with van der Waals surface area (Å²) in [5, 5.41) is 18.5. The number of carboxylic acid groups (broad SMARTS) is 1. The number of unbranched alkanes of at least 4 members (excludes halogenated alkanes) is 1. The van der Waals surface area contributed by atoms with E-state index < -0.39 is 18.1 Å². The summed E-state index contributed by atoms with van der Waals surface area (Å²) in [5.74, 6) is -0.646. The van der Waals surface area contributed by atoms with Crippen LogP contribution in [0, 0.1) is 5.92 Å². The first-order chi connectivity index (χ1) is 18.8. The van der Waals surface area contributed by atoms with Gasteiger partial charge in [-0.25, -0.2) is 4.98 Å². The maximum atomic E-state index is 13.3. The van der Waals surface area contributed by atoms with Crippen LogP contribution in [0.2, 0.25) is 0 Å². The minimum absolute atomic E-state index is 0.159. The van der Waals surface area contributed by atoms with Crippen LogP contribution in [-0.2, 0) is 14.4 Å². The molecule has 3 aromatic rings. The first kappa shape index (κ1) is 29.4. The van der Waals surface area contributed by atoms with Gasteiger partial charge in [-0.3, -0.25) is 14.4 Å². The Morgan fingerprint density at radius 1 is 0.846 bits per heavy atom. The highest BCUT2D eigenvalue weighted by Crippen LogP contribution is 2.24. The van der Waals surface area contributed by atoms with Gasteiger partial charge < -0.3 is 21.1 Å². The molecule has 1 aromatic heterocycles. The van der Waals surface area contributed by atoms with E-state index in [1.165, 1.54) is 0 Å². The molecule has 0 aliphatic carbocycles. The zero-order chi connectivity index (χ0) is 28.0. The number of benzene rings is 2. The predicted octanol–water partition coefficient (Wildman–Crippen LogP) is 5.19. The molecule has 0 aliphatic heterocycles. The molecule has 0 spiro atoms. The molecule has 0 saturated heterocycles. The van der Waals surface area contributed by atoms with Crippen LogP contribution >= 0.6 is 0 Å². The number of hydrogen-bond donors (Lipinski definition) is 4. The van der Waals surface area contributed by atoms with E-state index in [9.17, 15) is 19.5 Å². The molecule has 2 amide bonds. The number of nitrogens with zero attached hydrogens (tertiary/aromatic N) is 1. The number of amides is 2. The van der Waals surface area contributed by atoms with Gasteiger partial charge in [0.25, 0.3) is 0 Å². The molecule has 1 unspecified atom stereocenters. The molecule has 206 valence electrons. The molecule has 8 heteroatoms.